The highest BCUT2D eigenvalue weighted by atomic mass is 32.2. The second-order valence-corrected chi connectivity index (χ2v) is 12.3. The summed E-state index contributed by atoms with van der Waals surface area (Å²) in [4.78, 5) is 5.22. The number of imidazole rings is 1. The van der Waals surface area contributed by atoms with Gasteiger partial charge in [0.2, 0.25) is 0 Å². The van der Waals surface area contributed by atoms with Gasteiger partial charge in [-0.15, -0.1) is 0 Å². The van der Waals surface area contributed by atoms with Crippen LogP contribution >= 0.6 is 0 Å². The van der Waals surface area contributed by atoms with Gasteiger partial charge >= 0.3 is 0 Å². The molecule has 4 rings (SSSR count). The van der Waals surface area contributed by atoms with Gasteiger partial charge in [0.15, 0.2) is 9.84 Å². The quantitative estimate of drug-likeness (QED) is 0.307. The van der Waals surface area contributed by atoms with E-state index in [1.807, 2.05) is 48.0 Å². The van der Waals surface area contributed by atoms with E-state index in [0.29, 0.717) is 16.5 Å². The summed E-state index contributed by atoms with van der Waals surface area (Å²) in [6.07, 6.45) is 1.91. The van der Waals surface area contributed by atoms with E-state index in [4.69, 9.17) is 4.98 Å². The molecule has 5 nitrogen and oxygen atoms in total. The summed E-state index contributed by atoms with van der Waals surface area (Å²) in [5.41, 5.74) is 5.48. The molecule has 0 amide bonds. The molecule has 188 valence electrons. The van der Waals surface area contributed by atoms with Gasteiger partial charge in [-0.2, -0.15) is 0 Å². The zero-order valence-electron chi connectivity index (χ0n) is 21.8. The maximum Gasteiger partial charge on any atom is 0.178 e. The minimum absolute atomic E-state index is 0.0687. The number of nitrogens with zero attached hydrogens (tertiary/aromatic N) is 2. The molecule has 1 heterocycles. The Bertz CT molecular complexity index is 1510. The fraction of sp³-hybridized carbons (Fsp3) is 0.300. The molecule has 1 N–H and O–H groups in total. The average Bonchev–Trinajstić information content (AvgIpc) is 3.29. The van der Waals surface area contributed by atoms with Crippen LogP contribution in [0.1, 0.15) is 57.4 Å². The number of aliphatic hydroxyl groups is 1. The van der Waals surface area contributed by atoms with Crippen molar-refractivity contribution in [2.24, 2.45) is 0 Å². The van der Waals surface area contributed by atoms with Crippen molar-refractivity contribution in [1.82, 2.24) is 9.55 Å². The van der Waals surface area contributed by atoms with Crippen LogP contribution in [0.4, 0.5) is 0 Å². The largest absolute Gasteiger partial charge is 0.384 e. The molecule has 0 fully saturated rings. The molecule has 0 saturated heterocycles. The number of hydrogen-bond acceptors (Lipinski definition) is 4. The summed E-state index contributed by atoms with van der Waals surface area (Å²) >= 11 is 0. The molecule has 0 unspecified atom stereocenters. The van der Waals surface area contributed by atoms with Gasteiger partial charge in [-0.3, -0.25) is 4.57 Å². The predicted molar refractivity (Wildman–Crippen MR) is 146 cm³/mol. The molecule has 0 atom stereocenters. The molecule has 0 bridgehead atoms. The average molecular weight is 503 g/mol. The van der Waals surface area contributed by atoms with Crippen LogP contribution in [0.25, 0.3) is 28.2 Å². The minimum Gasteiger partial charge on any atom is -0.384 e. The molecule has 0 spiro atoms. The van der Waals surface area contributed by atoms with Crippen LogP contribution < -0.4 is 0 Å². The minimum atomic E-state index is -3.28. The Labute approximate surface area is 214 Å². The number of benzene rings is 3. The first kappa shape index (κ1) is 25.9. The van der Waals surface area contributed by atoms with Crippen LogP contribution in [0.15, 0.2) is 77.8 Å². The van der Waals surface area contributed by atoms with Gasteiger partial charge in [0.1, 0.15) is 11.4 Å². The third kappa shape index (κ3) is 5.01. The van der Waals surface area contributed by atoms with Gasteiger partial charge in [-0.1, -0.05) is 63.2 Å². The van der Waals surface area contributed by atoms with Crippen LogP contribution in [0, 0.1) is 6.92 Å². The molecule has 0 aliphatic carbocycles. The van der Waals surface area contributed by atoms with Gasteiger partial charge in [-0.25, -0.2) is 13.4 Å². The first-order chi connectivity index (χ1) is 16.9. The van der Waals surface area contributed by atoms with Gasteiger partial charge in [0, 0.05) is 11.8 Å². The van der Waals surface area contributed by atoms with Crippen molar-refractivity contribution in [3.8, 4) is 28.2 Å². The number of sulfone groups is 1. The molecular formula is C30H34N2O3S. The van der Waals surface area contributed by atoms with E-state index in [2.05, 4.69) is 32.0 Å². The fourth-order valence-corrected chi connectivity index (χ4v) is 5.32. The van der Waals surface area contributed by atoms with E-state index >= 15 is 0 Å². The lowest BCUT2D eigenvalue weighted by atomic mass is 9.96. The second-order valence-electron chi connectivity index (χ2n) is 10.1. The van der Waals surface area contributed by atoms with Crippen molar-refractivity contribution in [2.45, 2.75) is 58.0 Å². The Kier molecular flexibility index (Phi) is 6.95. The van der Waals surface area contributed by atoms with Crippen LogP contribution in [-0.2, 0) is 15.4 Å². The first-order valence-corrected chi connectivity index (χ1v) is 13.9. The fourth-order valence-electron chi connectivity index (χ4n) is 4.39. The van der Waals surface area contributed by atoms with Crippen LogP contribution in [0.5, 0.6) is 0 Å². The second kappa shape index (κ2) is 9.68. The number of hydrogen-bond donors (Lipinski definition) is 1. The SMILES string of the molecule is CCS(=O)(=O)c1cccc(-c2ccc(-n3cc(C(C)(C)O)nc3-c3ccccc3C(C)C)c(C)c2)c1. The molecule has 0 radical (unpaired) electrons. The molecule has 6 heteroatoms. The summed E-state index contributed by atoms with van der Waals surface area (Å²) in [6.45, 7) is 11.5. The van der Waals surface area contributed by atoms with Crippen molar-refractivity contribution in [3.63, 3.8) is 0 Å². The van der Waals surface area contributed by atoms with E-state index in [1.165, 1.54) is 5.56 Å². The third-order valence-electron chi connectivity index (χ3n) is 6.52. The molecular weight excluding hydrogens is 468 g/mol. The van der Waals surface area contributed by atoms with Gasteiger partial charge < -0.3 is 5.11 Å². The molecule has 4 aromatic rings. The zero-order valence-corrected chi connectivity index (χ0v) is 22.6. The lowest BCUT2D eigenvalue weighted by molar-refractivity contribution is 0.0743. The lowest BCUT2D eigenvalue weighted by Crippen LogP contribution is -2.15. The van der Waals surface area contributed by atoms with Crippen LogP contribution in [0.2, 0.25) is 0 Å². The topological polar surface area (TPSA) is 72.2 Å². The molecule has 1 aromatic heterocycles. The van der Waals surface area contributed by atoms with Crippen molar-refractivity contribution >= 4 is 9.84 Å². The number of aromatic nitrogens is 2. The van der Waals surface area contributed by atoms with Crippen molar-refractivity contribution in [1.29, 1.82) is 0 Å². The standard InChI is InChI=1S/C30H34N2O3S/c1-7-36(34,35)24-12-10-11-22(18-24)23-15-16-27(21(4)17-23)32-19-28(30(5,6)33)31-29(32)26-14-9-8-13-25(26)20(2)3/h8-20,33H,7H2,1-6H3. The van der Waals surface area contributed by atoms with Crippen LogP contribution in [-0.4, -0.2) is 28.8 Å². The van der Waals surface area contributed by atoms with Crippen molar-refractivity contribution in [2.75, 3.05) is 5.75 Å². The van der Waals surface area contributed by atoms with Gasteiger partial charge in [0.05, 0.1) is 22.0 Å². The first-order valence-electron chi connectivity index (χ1n) is 12.3. The van der Waals surface area contributed by atoms with E-state index in [1.54, 1.807) is 39.0 Å². The molecule has 0 aliphatic rings. The Morgan fingerprint density at radius 3 is 2.31 bits per heavy atom. The normalized spacial score (nSPS) is 12.3. The van der Waals surface area contributed by atoms with Gasteiger partial charge in [-0.05, 0) is 73.2 Å². The highest BCUT2D eigenvalue weighted by Gasteiger charge is 2.25. The maximum absolute atomic E-state index is 12.4. The van der Waals surface area contributed by atoms with E-state index in [0.717, 1.165) is 33.8 Å². The van der Waals surface area contributed by atoms with Gasteiger partial charge in [0.25, 0.3) is 0 Å². The highest BCUT2D eigenvalue weighted by molar-refractivity contribution is 7.91. The predicted octanol–water partition coefficient (Wildman–Crippen LogP) is 6.66. The van der Waals surface area contributed by atoms with E-state index in [9.17, 15) is 13.5 Å². The monoisotopic (exact) mass is 502 g/mol. The summed E-state index contributed by atoms with van der Waals surface area (Å²) in [5, 5.41) is 10.7. The zero-order chi connectivity index (χ0) is 26.3. The van der Waals surface area contributed by atoms with Crippen molar-refractivity contribution < 1.29 is 13.5 Å². The van der Waals surface area contributed by atoms with Crippen molar-refractivity contribution in [3.05, 3.63) is 89.7 Å². The molecule has 0 saturated carbocycles. The van der Waals surface area contributed by atoms with E-state index < -0.39 is 15.4 Å². The Hall–Kier alpha value is -3.22. The maximum atomic E-state index is 12.4. The molecule has 3 aromatic carbocycles. The summed E-state index contributed by atoms with van der Waals surface area (Å²) < 4.78 is 26.8. The number of rotatable bonds is 7. The Morgan fingerprint density at radius 2 is 1.67 bits per heavy atom. The summed E-state index contributed by atoms with van der Waals surface area (Å²) in [5.74, 6) is 1.16. The van der Waals surface area contributed by atoms with E-state index in [-0.39, 0.29) is 5.75 Å². The summed E-state index contributed by atoms with van der Waals surface area (Å²) in [7, 11) is -3.28. The Balaban J connectivity index is 1.86. The number of aryl methyl sites for hydroxylation is 1. The smallest absolute Gasteiger partial charge is 0.178 e. The third-order valence-corrected chi connectivity index (χ3v) is 8.25. The molecule has 36 heavy (non-hydrogen) atoms. The Morgan fingerprint density at radius 1 is 0.972 bits per heavy atom. The highest BCUT2D eigenvalue weighted by Crippen LogP contribution is 2.34. The lowest BCUT2D eigenvalue weighted by Gasteiger charge is -2.16. The summed E-state index contributed by atoms with van der Waals surface area (Å²) in [6, 6.07) is 21.4. The van der Waals surface area contributed by atoms with Crippen LogP contribution in [0.3, 0.4) is 0 Å². The molecule has 0 aliphatic heterocycles.